The molecule has 1 aromatic carbocycles. The predicted octanol–water partition coefficient (Wildman–Crippen LogP) is 1.01. The van der Waals surface area contributed by atoms with Crippen molar-refractivity contribution in [2.45, 2.75) is 26.4 Å². The topological polar surface area (TPSA) is 72.9 Å². The first-order valence-electron chi connectivity index (χ1n) is 6.71. The molecule has 0 aliphatic rings. The summed E-state index contributed by atoms with van der Waals surface area (Å²) in [6.07, 6.45) is 4.13. The number of carbonyl (C=O) groups is 1. The molecule has 0 spiro atoms. The van der Waals surface area contributed by atoms with Crippen molar-refractivity contribution in [1.82, 2.24) is 15.1 Å². The van der Waals surface area contributed by atoms with Gasteiger partial charge in [-0.1, -0.05) is 24.3 Å². The van der Waals surface area contributed by atoms with Crippen LogP contribution in [0.4, 0.5) is 0 Å². The van der Waals surface area contributed by atoms with Crippen LogP contribution in [0.5, 0.6) is 0 Å². The average molecular weight is 272 g/mol. The molecule has 0 saturated heterocycles. The van der Waals surface area contributed by atoms with Crippen molar-refractivity contribution in [1.29, 1.82) is 0 Å². The molecular weight excluding hydrogens is 252 g/mol. The van der Waals surface area contributed by atoms with Gasteiger partial charge in [-0.25, -0.2) is 0 Å². The summed E-state index contributed by atoms with van der Waals surface area (Å²) in [5.41, 5.74) is 8.79. The van der Waals surface area contributed by atoms with Gasteiger partial charge in [-0.15, -0.1) is 0 Å². The summed E-state index contributed by atoms with van der Waals surface area (Å²) in [5, 5.41) is 7.07. The number of rotatable bonds is 6. The van der Waals surface area contributed by atoms with E-state index in [-0.39, 0.29) is 5.91 Å². The standard InChI is InChI=1S/C15H20N4O/c1-12-10-18-19(11-12)7-6-17-15(20)8-13-4-2-3-5-14(13)9-16/h2-5,10-11H,6-9,16H2,1H3,(H,17,20). The number of carbonyl (C=O) groups excluding carboxylic acids is 1. The normalized spacial score (nSPS) is 10.5. The van der Waals surface area contributed by atoms with E-state index in [2.05, 4.69) is 10.4 Å². The number of hydrogen-bond donors (Lipinski definition) is 2. The summed E-state index contributed by atoms with van der Waals surface area (Å²) >= 11 is 0. The van der Waals surface area contributed by atoms with Crippen LogP contribution >= 0.6 is 0 Å². The number of nitrogens with one attached hydrogen (secondary N) is 1. The third-order valence-corrected chi connectivity index (χ3v) is 3.11. The number of hydrogen-bond acceptors (Lipinski definition) is 3. The number of amides is 1. The van der Waals surface area contributed by atoms with E-state index in [1.54, 1.807) is 6.20 Å². The zero-order valence-corrected chi connectivity index (χ0v) is 11.7. The maximum absolute atomic E-state index is 11.9. The minimum atomic E-state index is 0.00905. The van der Waals surface area contributed by atoms with Gasteiger partial charge in [0.05, 0.1) is 19.2 Å². The monoisotopic (exact) mass is 272 g/mol. The Morgan fingerprint density at radius 3 is 2.75 bits per heavy atom. The summed E-state index contributed by atoms with van der Waals surface area (Å²) < 4.78 is 1.82. The van der Waals surface area contributed by atoms with Crippen molar-refractivity contribution in [3.8, 4) is 0 Å². The Hall–Kier alpha value is -2.14. The van der Waals surface area contributed by atoms with Crippen LogP contribution in [0.3, 0.4) is 0 Å². The molecular formula is C15H20N4O. The third-order valence-electron chi connectivity index (χ3n) is 3.11. The first-order chi connectivity index (χ1) is 9.69. The lowest BCUT2D eigenvalue weighted by Crippen LogP contribution is -2.29. The van der Waals surface area contributed by atoms with Gasteiger partial charge in [0.25, 0.3) is 0 Å². The highest BCUT2D eigenvalue weighted by Gasteiger charge is 2.06. The average Bonchev–Trinajstić information content (AvgIpc) is 2.85. The molecule has 0 aliphatic heterocycles. The van der Waals surface area contributed by atoms with Gasteiger partial charge in [0, 0.05) is 19.3 Å². The maximum Gasteiger partial charge on any atom is 0.224 e. The van der Waals surface area contributed by atoms with Crippen molar-refractivity contribution < 1.29 is 4.79 Å². The van der Waals surface area contributed by atoms with Crippen molar-refractivity contribution in [3.05, 3.63) is 53.3 Å². The highest BCUT2D eigenvalue weighted by atomic mass is 16.1. The molecule has 0 fully saturated rings. The Balaban J connectivity index is 1.80. The minimum absolute atomic E-state index is 0.00905. The lowest BCUT2D eigenvalue weighted by atomic mass is 10.0. The van der Waals surface area contributed by atoms with Gasteiger partial charge in [-0.3, -0.25) is 9.48 Å². The van der Waals surface area contributed by atoms with E-state index in [0.29, 0.717) is 26.1 Å². The molecule has 106 valence electrons. The first kappa shape index (κ1) is 14.3. The lowest BCUT2D eigenvalue weighted by molar-refractivity contribution is -0.120. The van der Waals surface area contributed by atoms with E-state index >= 15 is 0 Å². The fourth-order valence-electron chi connectivity index (χ4n) is 2.06. The molecule has 20 heavy (non-hydrogen) atoms. The van der Waals surface area contributed by atoms with Gasteiger partial charge in [0.15, 0.2) is 0 Å². The molecule has 1 heterocycles. The Morgan fingerprint density at radius 2 is 2.10 bits per heavy atom. The second-order valence-electron chi connectivity index (χ2n) is 4.78. The third kappa shape index (κ3) is 3.93. The molecule has 5 heteroatoms. The second-order valence-corrected chi connectivity index (χ2v) is 4.78. The van der Waals surface area contributed by atoms with Crippen molar-refractivity contribution in [3.63, 3.8) is 0 Å². The van der Waals surface area contributed by atoms with E-state index < -0.39 is 0 Å². The number of aryl methyl sites for hydroxylation is 1. The van der Waals surface area contributed by atoms with Gasteiger partial charge >= 0.3 is 0 Å². The van der Waals surface area contributed by atoms with Gasteiger partial charge in [-0.05, 0) is 23.6 Å². The van der Waals surface area contributed by atoms with E-state index in [1.165, 1.54) is 0 Å². The Labute approximate surface area is 118 Å². The molecule has 0 bridgehead atoms. The van der Waals surface area contributed by atoms with Crippen LogP contribution in [-0.2, 0) is 24.3 Å². The van der Waals surface area contributed by atoms with Crippen molar-refractivity contribution >= 4 is 5.91 Å². The molecule has 0 saturated carbocycles. The smallest absolute Gasteiger partial charge is 0.224 e. The lowest BCUT2D eigenvalue weighted by Gasteiger charge is -2.08. The number of aromatic nitrogens is 2. The number of nitrogens with zero attached hydrogens (tertiary/aromatic N) is 2. The number of nitrogens with two attached hydrogens (primary N) is 1. The Morgan fingerprint density at radius 1 is 1.35 bits per heavy atom. The molecule has 0 radical (unpaired) electrons. The van der Waals surface area contributed by atoms with Gasteiger partial charge < -0.3 is 11.1 Å². The molecule has 0 atom stereocenters. The summed E-state index contributed by atoms with van der Waals surface area (Å²) in [4.78, 5) is 11.9. The molecule has 0 aliphatic carbocycles. The largest absolute Gasteiger partial charge is 0.354 e. The molecule has 1 aromatic heterocycles. The first-order valence-corrected chi connectivity index (χ1v) is 6.71. The van der Waals surface area contributed by atoms with Crippen molar-refractivity contribution in [2.24, 2.45) is 5.73 Å². The van der Waals surface area contributed by atoms with Crippen LogP contribution in [0.1, 0.15) is 16.7 Å². The maximum atomic E-state index is 11.9. The van der Waals surface area contributed by atoms with Crippen LogP contribution in [0, 0.1) is 6.92 Å². The van der Waals surface area contributed by atoms with E-state index in [9.17, 15) is 4.79 Å². The van der Waals surface area contributed by atoms with Crippen LogP contribution in [0.2, 0.25) is 0 Å². The SMILES string of the molecule is Cc1cnn(CCNC(=O)Cc2ccccc2CN)c1. The zero-order valence-electron chi connectivity index (χ0n) is 11.7. The van der Waals surface area contributed by atoms with Crippen LogP contribution in [0.15, 0.2) is 36.7 Å². The van der Waals surface area contributed by atoms with E-state index in [4.69, 9.17) is 5.73 Å². The molecule has 2 aromatic rings. The molecule has 2 rings (SSSR count). The van der Waals surface area contributed by atoms with Crippen LogP contribution < -0.4 is 11.1 Å². The number of benzene rings is 1. The van der Waals surface area contributed by atoms with Crippen molar-refractivity contribution in [2.75, 3.05) is 6.54 Å². The second kappa shape index (κ2) is 6.86. The van der Waals surface area contributed by atoms with E-state index in [0.717, 1.165) is 16.7 Å². The molecule has 3 N–H and O–H groups in total. The summed E-state index contributed by atoms with van der Waals surface area (Å²) in [5.74, 6) is 0.00905. The fourth-order valence-corrected chi connectivity index (χ4v) is 2.06. The molecule has 0 unspecified atom stereocenters. The van der Waals surface area contributed by atoms with Gasteiger partial charge in [-0.2, -0.15) is 5.10 Å². The summed E-state index contributed by atoms with van der Waals surface area (Å²) in [6, 6.07) is 7.76. The molecule has 1 amide bonds. The van der Waals surface area contributed by atoms with Gasteiger partial charge in [0.1, 0.15) is 0 Å². The Bertz CT molecular complexity index is 577. The fraction of sp³-hybridized carbons (Fsp3) is 0.333. The van der Waals surface area contributed by atoms with E-state index in [1.807, 2.05) is 42.1 Å². The van der Waals surface area contributed by atoms with Crippen LogP contribution in [-0.4, -0.2) is 22.2 Å². The van der Waals surface area contributed by atoms with Crippen LogP contribution in [0.25, 0.3) is 0 Å². The quantitative estimate of drug-likeness (QED) is 0.824. The highest BCUT2D eigenvalue weighted by Crippen LogP contribution is 2.08. The minimum Gasteiger partial charge on any atom is -0.354 e. The predicted molar refractivity (Wildman–Crippen MR) is 78.0 cm³/mol. The zero-order chi connectivity index (χ0) is 14.4. The summed E-state index contributed by atoms with van der Waals surface area (Å²) in [7, 11) is 0. The van der Waals surface area contributed by atoms with Gasteiger partial charge in [0.2, 0.25) is 5.91 Å². The summed E-state index contributed by atoms with van der Waals surface area (Å²) in [6.45, 7) is 3.70. The Kier molecular flexibility index (Phi) is 4.90. The molecule has 5 nitrogen and oxygen atoms in total. The highest BCUT2D eigenvalue weighted by molar-refractivity contribution is 5.78.